The highest BCUT2D eigenvalue weighted by atomic mass is 32.2. The van der Waals surface area contributed by atoms with Crippen molar-refractivity contribution in [2.24, 2.45) is 0 Å². The molecule has 0 saturated heterocycles. The fraction of sp³-hybridized carbons (Fsp3) is 0.450. The zero-order valence-electron chi connectivity index (χ0n) is 16.3. The van der Waals surface area contributed by atoms with Gasteiger partial charge >= 0.3 is 0 Å². The molecule has 1 aliphatic heterocycles. The van der Waals surface area contributed by atoms with Gasteiger partial charge in [0.25, 0.3) is 0 Å². The maximum absolute atomic E-state index is 12.9. The van der Waals surface area contributed by atoms with Gasteiger partial charge in [0.2, 0.25) is 11.1 Å². The predicted molar refractivity (Wildman–Crippen MR) is 108 cm³/mol. The third-order valence-corrected chi connectivity index (χ3v) is 5.65. The van der Waals surface area contributed by atoms with E-state index in [4.69, 9.17) is 9.47 Å². The van der Waals surface area contributed by atoms with Gasteiger partial charge in [-0.2, -0.15) is 4.98 Å². The number of thioether (sulfide) groups is 1. The fourth-order valence-corrected chi connectivity index (χ4v) is 4.32. The molecule has 7 nitrogen and oxygen atoms in total. The molecule has 0 amide bonds. The van der Waals surface area contributed by atoms with E-state index in [0.717, 1.165) is 35.4 Å². The van der Waals surface area contributed by atoms with Crippen LogP contribution in [0.4, 0.5) is 5.95 Å². The molecule has 1 aliphatic carbocycles. The number of nitrogens with zero attached hydrogens (tertiary/aromatic N) is 3. The van der Waals surface area contributed by atoms with Crippen molar-refractivity contribution in [3.8, 4) is 11.5 Å². The monoisotopic (exact) mass is 400 g/mol. The number of carbonyl (C=O) groups is 1. The molecule has 1 aromatic heterocycles. The van der Waals surface area contributed by atoms with Gasteiger partial charge in [-0.25, -0.2) is 4.68 Å². The van der Waals surface area contributed by atoms with Gasteiger partial charge in [-0.15, -0.1) is 5.10 Å². The van der Waals surface area contributed by atoms with E-state index in [2.05, 4.69) is 22.3 Å². The number of ketones is 1. The minimum atomic E-state index is -0.317. The minimum absolute atomic E-state index is 0.164. The first-order valence-corrected chi connectivity index (χ1v) is 10.6. The molecule has 148 valence electrons. The number of hydrogen-bond acceptors (Lipinski definition) is 7. The molecule has 1 atom stereocenters. The highest BCUT2D eigenvalue weighted by molar-refractivity contribution is 7.99. The highest BCUT2D eigenvalue weighted by Gasteiger charge is 2.37. The number of methoxy groups -OCH3 is 1. The Morgan fingerprint density at radius 1 is 1.29 bits per heavy atom. The van der Waals surface area contributed by atoms with Crippen molar-refractivity contribution in [3.63, 3.8) is 0 Å². The summed E-state index contributed by atoms with van der Waals surface area (Å²) < 4.78 is 13.0. The fourth-order valence-electron chi connectivity index (χ4n) is 3.76. The van der Waals surface area contributed by atoms with Crippen molar-refractivity contribution in [1.29, 1.82) is 0 Å². The molecule has 0 saturated carbocycles. The Morgan fingerprint density at radius 2 is 2.14 bits per heavy atom. The van der Waals surface area contributed by atoms with Gasteiger partial charge in [0.15, 0.2) is 17.3 Å². The average Bonchev–Trinajstić information content (AvgIpc) is 3.09. The average molecular weight is 401 g/mol. The van der Waals surface area contributed by atoms with Crippen molar-refractivity contribution >= 4 is 23.5 Å². The number of Topliss-reactive ketones (excluding diaryl/α,β-unsaturated/α-hetero) is 1. The SMILES string of the molecule is CCOc1ccc(C2C3=C(CCCC3=O)Nc3nc(SCC)nn32)cc1OC. The maximum Gasteiger partial charge on any atom is 0.227 e. The van der Waals surface area contributed by atoms with Crippen LogP contribution in [-0.2, 0) is 4.79 Å². The molecule has 2 heterocycles. The van der Waals surface area contributed by atoms with Crippen LogP contribution in [0.25, 0.3) is 0 Å². The van der Waals surface area contributed by atoms with Crippen molar-refractivity contribution in [1.82, 2.24) is 14.8 Å². The zero-order chi connectivity index (χ0) is 19.7. The number of hydrogen-bond donors (Lipinski definition) is 1. The number of nitrogens with one attached hydrogen (secondary N) is 1. The number of aromatic nitrogens is 3. The van der Waals surface area contributed by atoms with E-state index in [9.17, 15) is 4.79 Å². The first kappa shape index (κ1) is 18.9. The van der Waals surface area contributed by atoms with Crippen molar-refractivity contribution < 1.29 is 14.3 Å². The van der Waals surface area contributed by atoms with Crippen LogP contribution in [-0.4, -0.2) is 40.0 Å². The van der Waals surface area contributed by atoms with Crippen LogP contribution in [0.2, 0.25) is 0 Å². The van der Waals surface area contributed by atoms with E-state index in [-0.39, 0.29) is 11.8 Å². The molecule has 1 N–H and O–H groups in total. The lowest BCUT2D eigenvalue weighted by molar-refractivity contribution is -0.116. The number of rotatable bonds is 6. The van der Waals surface area contributed by atoms with Crippen LogP contribution in [0.15, 0.2) is 34.6 Å². The quantitative estimate of drug-likeness (QED) is 0.739. The van der Waals surface area contributed by atoms with Crippen LogP contribution in [0.5, 0.6) is 11.5 Å². The Bertz CT molecular complexity index is 938. The van der Waals surface area contributed by atoms with Gasteiger partial charge in [0.05, 0.1) is 13.7 Å². The molecular formula is C20H24N4O3S. The Morgan fingerprint density at radius 3 is 2.89 bits per heavy atom. The number of fused-ring (bicyclic) bond motifs is 1. The molecule has 2 aromatic rings. The first-order chi connectivity index (χ1) is 13.7. The second-order valence-corrected chi connectivity index (χ2v) is 7.87. The summed E-state index contributed by atoms with van der Waals surface area (Å²) in [5, 5.41) is 8.74. The Labute approximate surface area is 168 Å². The Balaban J connectivity index is 1.85. The summed E-state index contributed by atoms with van der Waals surface area (Å²) in [6, 6.07) is 5.49. The van der Waals surface area contributed by atoms with Crippen LogP contribution in [0, 0.1) is 0 Å². The highest BCUT2D eigenvalue weighted by Crippen LogP contribution is 2.42. The van der Waals surface area contributed by atoms with Crippen LogP contribution >= 0.6 is 11.8 Å². The summed E-state index contributed by atoms with van der Waals surface area (Å²) in [7, 11) is 1.62. The Kier molecular flexibility index (Phi) is 5.30. The number of anilines is 1. The van der Waals surface area contributed by atoms with Crippen LogP contribution in [0.3, 0.4) is 0 Å². The zero-order valence-corrected chi connectivity index (χ0v) is 17.1. The van der Waals surface area contributed by atoms with Gasteiger partial charge in [-0.3, -0.25) is 4.79 Å². The van der Waals surface area contributed by atoms with Gasteiger partial charge in [0.1, 0.15) is 6.04 Å². The normalized spacial score (nSPS) is 18.4. The predicted octanol–water partition coefficient (Wildman–Crippen LogP) is 3.82. The Hall–Kier alpha value is -2.48. The molecule has 0 spiro atoms. The number of ether oxygens (including phenoxy) is 2. The number of allylic oxidation sites excluding steroid dienone is 2. The van der Waals surface area contributed by atoms with Gasteiger partial charge in [-0.05, 0) is 43.2 Å². The molecule has 0 bridgehead atoms. The summed E-state index contributed by atoms with van der Waals surface area (Å²) >= 11 is 1.59. The van der Waals surface area contributed by atoms with Gasteiger partial charge in [0, 0.05) is 17.7 Å². The molecule has 4 rings (SSSR count). The lowest BCUT2D eigenvalue weighted by Gasteiger charge is -2.32. The lowest BCUT2D eigenvalue weighted by atomic mass is 9.85. The van der Waals surface area contributed by atoms with E-state index in [1.165, 1.54) is 0 Å². The number of benzene rings is 1. The second kappa shape index (κ2) is 7.87. The summed E-state index contributed by atoms with van der Waals surface area (Å²) in [5.41, 5.74) is 2.67. The standard InChI is InChI=1S/C20H24N4O3S/c1-4-27-15-10-9-12(11-16(15)26-3)18-17-13(7-6-8-14(17)25)21-19-22-20(28-5-2)23-24(18)19/h9-11,18H,4-8H2,1-3H3,(H,21,22,23). The van der Waals surface area contributed by atoms with E-state index in [1.54, 1.807) is 18.9 Å². The summed E-state index contributed by atoms with van der Waals surface area (Å²) in [6.07, 6.45) is 2.26. The smallest absolute Gasteiger partial charge is 0.227 e. The first-order valence-electron chi connectivity index (χ1n) is 9.59. The van der Waals surface area contributed by atoms with E-state index >= 15 is 0 Å². The third kappa shape index (κ3) is 3.26. The van der Waals surface area contributed by atoms with Gasteiger partial charge in [-0.1, -0.05) is 24.8 Å². The summed E-state index contributed by atoms with van der Waals surface area (Å²) in [5.74, 6) is 3.07. The lowest BCUT2D eigenvalue weighted by Crippen LogP contribution is -2.31. The summed E-state index contributed by atoms with van der Waals surface area (Å²) in [6.45, 7) is 4.56. The minimum Gasteiger partial charge on any atom is -0.493 e. The topological polar surface area (TPSA) is 78.3 Å². The van der Waals surface area contributed by atoms with Crippen LogP contribution in [0.1, 0.15) is 44.7 Å². The van der Waals surface area contributed by atoms with Crippen LogP contribution < -0.4 is 14.8 Å². The maximum atomic E-state index is 12.9. The molecule has 8 heteroatoms. The largest absolute Gasteiger partial charge is 0.493 e. The third-order valence-electron chi connectivity index (χ3n) is 4.93. The number of carbonyl (C=O) groups excluding carboxylic acids is 1. The molecular weight excluding hydrogens is 376 g/mol. The van der Waals surface area contributed by atoms with E-state index < -0.39 is 0 Å². The van der Waals surface area contributed by atoms with Crippen molar-refractivity contribution in [3.05, 3.63) is 35.0 Å². The van der Waals surface area contributed by atoms with E-state index in [0.29, 0.717) is 35.6 Å². The molecule has 1 unspecified atom stereocenters. The molecule has 1 aromatic carbocycles. The van der Waals surface area contributed by atoms with Crippen molar-refractivity contribution in [2.75, 3.05) is 24.8 Å². The molecule has 2 aliphatic rings. The summed E-state index contributed by atoms with van der Waals surface area (Å²) in [4.78, 5) is 17.5. The molecule has 0 fully saturated rings. The molecule has 0 radical (unpaired) electrons. The van der Waals surface area contributed by atoms with Crippen molar-refractivity contribution in [2.45, 2.75) is 44.3 Å². The van der Waals surface area contributed by atoms with E-state index in [1.807, 2.05) is 29.8 Å². The second-order valence-electron chi connectivity index (χ2n) is 6.64. The molecule has 28 heavy (non-hydrogen) atoms. The van der Waals surface area contributed by atoms with Gasteiger partial charge < -0.3 is 14.8 Å².